The molecule has 200 valence electrons. The van der Waals surface area contributed by atoms with Crippen LogP contribution in [0.25, 0.3) is 21.7 Å². The number of hydrogen-bond donors (Lipinski definition) is 1. The SMILES string of the molecule is Cc1ccccc1S(=O)(=O)NC(=O)c1ccccc1COc1ccc2oc(-c3nc(C(C)(C)C)cs3)cc2c1. The molecule has 3 aromatic carbocycles. The number of furan rings is 1. The minimum absolute atomic E-state index is 0.0420. The second kappa shape index (κ2) is 10.3. The van der Waals surface area contributed by atoms with Gasteiger partial charge in [0, 0.05) is 27.3 Å². The molecule has 7 nitrogen and oxygen atoms in total. The van der Waals surface area contributed by atoms with E-state index in [0.29, 0.717) is 28.2 Å². The number of aryl methyl sites for hydroxylation is 1. The lowest BCUT2D eigenvalue weighted by molar-refractivity contribution is 0.0979. The third-order valence-corrected chi connectivity index (χ3v) is 8.59. The van der Waals surface area contributed by atoms with E-state index >= 15 is 0 Å². The summed E-state index contributed by atoms with van der Waals surface area (Å²) in [6, 6.07) is 20.7. The minimum Gasteiger partial charge on any atom is -0.489 e. The monoisotopic (exact) mass is 560 g/mol. The topological polar surface area (TPSA) is 98.5 Å². The number of aromatic nitrogens is 1. The van der Waals surface area contributed by atoms with E-state index in [-0.39, 0.29) is 22.5 Å². The van der Waals surface area contributed by atoms with Crippen LogP contribution in [-0.2, 0) is 22.0 Å². The van der Waals surface area contributed by atoms with Crippen molar-refractivity contribution < 1.29 is 22.4 Å². The quantitative estimate of drug-likeness (QED) is 0.234. The summed E-state index contributed by atoms with van der Waals surface area (Å²) in [5.74, 6) is 0.567. The van der Waals surface area contributed by atoms with Gasteiger partial charge in [-0.25, -0.2) is 18.1 Å². The highest BCUT2D eigenvalue weighted by molar-refractivity contribution is 7.90. The van der Waals surface area contributed by atoms with E-state index in [9.17, 15) is 13.2 Å². The average Bonchev–Trinajstić information content (AvgIpc) is 3.55. The van der Waals surface area contributed by atoms with Gasteiger partial charge >= 0.3 is 0 Å². The average molecular weight is 561 g/mol. The van der Waals surface area contributed by atoms with Crippen LogP contribution in [0.3, 0.4) is 0 Å². The van der Waals surface area contributed by atoms with Crippen molar-refractivity contribution in [1.29, 1.82) is 0 Å². The molecule has 0 fully saturated rings. The molecular weight excluding hydrogens is 532 g/mol. The first kappa shape index (κ1) is 26.6. The molecule has 0 radical (unpaired) electrons. The Morgan fingerprint density at radius 1 is 1.03 bits per heavy atom. The maximum Gasteiger partial charge on any atom is 0.265 e. The molecule has 2 heterocycles. The van der Waals surface area contributed by atoms with Crippen LogP contribution in [-0.4, -0.2) is 19.3 Å². The van der Waals surface area contributed by atoms with Gasteiger partial charge in [0.2, 0.25) is 0 Å². The summed E-state index contributed by atoms with van der Waals surface area (Å²) in [5.41, 5.74) is 3.02. The van der Waals surface area contributed by atoms with Crippen LogP contribution in [0.5, 0.6) is 5.75 Å². The van der Waals surface area contributed by atoms with Crippen molar-refractivity contribution in [3.8, 4) is 16.5 Å². The van der Waals surface area contributed by atoms with Crippen LogP contribution in [0.2, 0.25) is 0 Å². The molecule has 39 heavy (non-hydrogen) atoms. The summed E-state index contributed by atoms with van der Waals surface area (Å²) in [5, 5.41) is 3.74. The number of fused-ring (bicyclic) bond motifs is 1. The minimum atomic E-state index is -4.03. The summed E-state index contributed by atoms with van der Waals surface area (Å²) in [6.07, 6.45) is 0. The van der Waals surface area contributed by atoms with Crippen molar-refractivity contribution in [3.05, 3.63) is 101 Å². The van der Waals surface area contributed by atoms with Crippen molar-refractivity contribution in [1.82, 2.24) is 9.71 Å². The number of rotatable bonds is 7. The van der Waals surface area contributed by atoms with E-state index in [1.54, 1.807) is 66.8 Å². The highest BCUT2D eigenvalue weighted by Gasteiger charge is 2.22. The maximum absolute atomic E-state index is 13.0. The lowest BCUT2D eigenvalue weighted by Crippen LogP contribution is -2.31. The Morgan fingerprint density at radius 3 is 2.51 bits per heavy atom. The molecule has 0 unspecified atom stereocenters. The van der Waals surface area contributed by atoms with E-state index in [2.05, 4.69) is 30.9 Å². The second-order valence-electron chi connectivity index (χ2n) is 10.2. The molecule has 5 aromatic rings. The zero-order valence-corrected chi connectivity index (χ0v) is 23.7. The molecule has 5 rings (SSSR count). The zero-order chi connectivity index (χ0) is 27.8. The van der Waals surface area contributed by atoms with Gasteiger partial charge < -0.3 is 9.15 Å². The fourth-order valence-electron chi connectivity index (χ4n) is 4.07. The predicted octanol–water partition coefficient (Wildman–Crippen LogP) is 6.86. The maximum atomic E-state index is 13.0. The molecule has 0 spiro atoms. The standard InChI is InChI=1S/C30H28N2O5S2/c1-19-9-5-8-12-26(19)39(34,35)32-28(33)23-11-7-6-10-20(23)17-36-22-13-14-24-21(15-22)16-25(37-24)29-31-27(18-38-29)30(2,3)4/h5-16,18H,17H2,1-4H3,(H,32,33). The van der Waals surface area contributed by atoms with Crippen molar-refractivity contribution in [2.24, 2.45) is 0 Å². The Hall–Kier alpha value is -3.95. The summed E-state index contributed by atoms with van der Waals surface area (Å²) < 4.78 is 39.9. The van der Waals surface area contributed by atoms with Gasteiger partial charge in [-0.05, 0) is 48.9 Å². The van der Waals surface area contributed by atoms with Gasteiger partial charge in [-0.1, -0.05) is 57.2 Å². The van der Waals surface area contributed by atoms with Crippen molar-refractivity contribution in [3.63, 3.8) is 0 Å². The molecule has 0 saturated heterocycles. The van der Waals surface area contributed by atoms with Crippen LogP contribution < -0.4 is 9.46 Å². The number of hydrogen-bond acceptors (Lipinski definition) is 7. The number of carbonyl (C=O) groups is 1. The van der Waals surface area contributed by atoms with Crippen LogP contribution in [0.4, 0.5) is 0 Å². The first-order valence-corrected chi connectivity index (χ1v) is 14.7. The van der Waals surface area contributed by atoms with E-state index in [0.717, 1.165) is 16.1 Å². The van der Waals surface area contributed by atoms with Crippen molar-refractivity contribution in [2.75, 3.05) is 0 Å². The summed E-state index contributed by atoms with van der Waals surface area (Å²) >= 11 is 1.55. The number of sulfonamides is 1. The van der Waals surface area contributed by atoms with Gasteiger partial charge in [0.1, 0.15) is 17.9 Å². The predicted molar refractivity (Wildman–Crippen MR) is 153 cm³/mol. The molecule has 9 heteroatoms. The Labute approximate surface area is 231 Å². The highest BCUT2D eigenvalue weighted by atomic mass is 32.2. The molecule has 0 aliphatic heterocycles. The Kier molecular flexibility index (Phi) is 7.05. The molecule has 0 aliphatic rings. The van der Waals surface area contributed by atoms with E-state index in [4.69, 9.17) is 14.1 Å². The van der Waals surface area contributed by atoms with Crippen molar-refractivity contribution in [2.45, 2.75) is 44.6 Å². The van der Waals surface area contributed by atoms with Crippen LogP contribution in [0.1, 0.15) is 48.0 Å². The smallest absolute Gasteiger partial charge is 0.265 e. The van der Waals surface area contributed by atoms with Crippen LogP contribution in [0, 0.1) is 6.92 Å². The zero-order valence-electron chi connectivity index (χ0n) is 22.0. The second-order valence-corrected chi connectivity index (χ2v) is 12.8. The fourth-order valence-corrected chi connectivity index (χ4v) is 6.28. The molecule has 0 saturated carbocycles. The fraction of sp³-hybridized carbons (Fsp3) is 0.200. The first-order chi connectivity index (χ1) is 18.5. The van der Waals surface area contributed by atoms with E-state index in [1.807, 2.05) is 18.2 Å². The third kappa shape index (κ3) is 5.74. The van der Waals surface area contributed by atoms with Gasteiger partial charge in [0.25, 0.3) is 15.9 Å². The van der Waals surface area contributed by atoms with Crippen LogP contribution >= 0.6 is 11.3 Å². The van der Waals surface area contributed by atoms with Gasteiger partial charge in [-0.3, -0.25) is 4.79 Å². The molecule has 1 amide bonds. The van der Waals surface area contributed by atoms with Gasteiger partial charge in [-0.15, -0.1) is 11.3 Å². The number of nitrogens with zero attached hydrogens (tertiary/aromatic N) is 1. The third-order valence-electron chi connectivity index (χ3n) is 6.24. The molecule has 0 atom stereocenters. The molecule has 2 aromatic heterocycles. The van der Waals surface area contributed by atoms with Gasteiger partial charge in [0.15, 0.2) is 10.8 Å². The van der Waals surface area contributed by atoms with Crippen molar-refractivity contribution >= 4 is 38.2 Å². The van der Waals surface area contributed by atoms with Gasteiger partial charge in [-0.2, -0.15) is 0 Å². The largest absolute Gasteiger partial charge is 0.489 e. The first-order valence-electron chi connectivity index (χ1n) is 12.3. The summed E-state index contributed by atoms with van der Waals surface area (Å²) in [6.45, 7) is 8.13. The Bertz CT molecular complexity index is 1780. The molecule has 0 bridgehead atoms. The molecular formula is C30H28N2O5S2. The number of amides is 1. The number of ether oxygens (including phenoxy) is 1. The van der Waals surface area contributed by atoms with E-state index < -0.39 is 15.9 Å². The Morgan fingerprint density at radius 2 is 1.77 bits per heavy atom. The number of thiazole rings is 1. The molecule has 1 N–H and O–H groups in total. The molecule has 0 aliphatic carbocycles. The lowest BCUT2D eigenvalue weighted by atomic mass is 9.93. The number of carbonyl (C=O) groups excluding carboxylic acids is 1. The van der Waals surface area contributed by atoms with E-state index in [1.165, 1.54) is 6.07 Å². The lowest BCUT2D eigenvalue weighted by Gasteiger charge is -2.13. The van der Waals surface area contributed by atoms with Crippen LogP contribution in [0.15, 0.2) is 87.5 Å². The number of nitrogens with one attached hydrogen (secondary N) is 1. The van der Waals surface area contributed by atoms with Gasteiger partial charge in [0.05, 0.1) is 10.6 Å². The summed E-state index contributed by atoms with van der Waals surface area (Å²) in [7, 11) is -4.03. The Balaban J connectivity index is 1.32. The number of benzene rings is 3. The highest BCUT2D eigenvalue weighted by Crippen LogP contribution is 2.34. The normalized spacial score (nSPS) is 12.0. The summed E-state index contributed by atoms with van der Waals surface area (Å²) in [4.78, 5) is 17.8.